The Kier molecular flexibility index (Phi) is 8.22. The number of hydrogen-bond acceptors (Lipinski definition) is 5. The number of ether oxygens (including phenoxy) is 2. The summed E-state index contributed by atoms with van der Waals surface area (Å²) in [6.45, 7) is 0.378. The number of nitrogens with one attached hydrogen (secondary N) is 1. The van der Waals surface area contributed by atoms with Crippen LogP contribution in [-0.4, -0.2) is 24.3 Å². The second-order valence-electron chi connectivity index (χ2n) is 6.50. The van der Waals surface area contributed by atoms with Crippen LogP contribution in [0.25, 0.3) is 0 Å². The van der Waals surface area contributed by atoms with Gasteiger partial charge in [-0.15, -0.1) is 0 Å². The normalized spacial score (nSPS) is 11.9. The Morgan fingerprint density at radius 1 is 1.13 bits per heavy atom. The molecule has 0 bridgehead atoms. The summed E-state index contributed by atoms with van der Waals surface area (Å²) in [5.74, 6) is 0.456. The quantitative estimate of drug-likeness (QED) is 0.308. The van der Waals surface area contributed by atoms with Crippen molar-refractivity contribution in [2.45, 2.75) is 12.7 Å². The zero-order valence-corrected chi connectivity index (χ0v) is 19.8. The average Bonchev–Trinajstić information content (AvgIpc) is 2.79. The van der Waals surface area contributed by atoms with Gasteiger partial charge < -0.3 is 14.6 Å². The van der Waals surface area contributed by atoms with Crippen molar-refractivity contribution in [3.05, 3.63) is 92.4 Å². The fraction of sp³-hybridized carbons (Fsp3) is 0.130. The lowest BCUT2D eigenvalue weighted by Crippen LogP contribution is -2.25. The fourth-order valence-electron chi connectivity index (χ4n) is 2.71. The van der Waals surface area contributed by atoms with E-state index in [9.17, 15) is 9.90 Å². The minimum Gasteiger partial charge on any atom is -0.493 e. The molecule has 0 spiro atoms. The molecule has 0 aromatic heterocycles. The zero-order chi connectivity index (χ0) is 22.2. The topological polar surface area (TPSA) is 80.2 Å². The summed E-state index contributed by atoms with van der Waals surface area (Å²) in [6.07, 6.45) is 0.163. The lowest BCUT2D eigenvalue weighted by atomic mass is 10.1. The van der Waals surface area contributed by atoms with E-state index in [4.69, 9.17) is 9.47 Å². The second kappa shape index (κ2) is 11.1. The minimum absolute atomic E-state index is 0.378. The van der Waals surface area contributed by atoms with Crippen molar-refractivity contribution >= 4 is 44.0 Å². The van der Waals surface area contributed by atoms with Crippen LogP contribution < -0.4 is 14.9 Å². The van der Waals surface area contributed by atoms with Crippen LogP contribution in [0.3, 0.4) is 0 Å². The number of amides is 1. The molecule has 0 aliphatic carbocycles. The van der Waals surface area contributed by atoms with E-state index >= 15 is 0 Å². The maximum absolute atomic E-state index is 12.1. The smallest absolute Gasteiger partial charge is 0.273 e. The highest BCUT2D eigenvalue weighted by Gasteiger charge is 2.16. The van der Waals surface area contributed by atoms with E-state index in [1.165, 1.54) is 6.21 Å². The highest BCUT2D eigenvalue weighted by atomic mass is 79.9. The van der Waals surface area contributed by atoms with Gasteiger partial charge in [-0.3, -0.25) is 4.79 Å². The molecule has 1 atom stereocenters. The van der Waals surface area contributed by atoms with Gasteiger partial charge in [0.15, 0.2) is 17.6 Å². The monoisotopic (exact) mass is 546 g/mol. The van der Waals surface area contributed by atoms with Crippen LogP contribution in [0.5, 0.6) is 11.5 Å². The van der Waals surface area contributed by atoms with E-state index in [1.54, 1.807) is 43.5 Å². The number of methoxy groups -OCH3 is 1. The number of aliphatic hydroxyl groups excluding tert-OH is 1. The molecule has 3 aromatic rings. The Morgan fingerprint density at radius 2 is 1.84 bits per heavy atom. The Labute approximate surface area is 197 Å². The van der Waals surface area contributed by atoms with Crippen molar-refractivity contribution < 1.29 is 19.4 Å². The van der Waals surface area contributed by atoms with Crippen LogP contribution >= 0.6 is 31.9 Å². The molecular weight excluding hydrogens is 528 g/mol. The predicted octanol–water partition coefficient (Wildman–Crippen LogP) is 4.98. The third-order valence-electron chi connectivity index (χ3n) is 4.30. The van der Waals surface area contributed by atoms with E-state index in [0.717, 1.165) is 10.0 Å². The SMILES string of the molecule is COc1cc(/C=N\NC(=O)[C@H](O)c2ccccc2)cc(Br)c1OCc1ccc(Br)cc1. The van der Waals surface area contributed by atoms with E-state index < -0.39 is 12.0 Å². The van der Waals surface area contributed by atoms with Crippen LogP contribution in [0.2, 0.25) is 0 Å². The van der Waals surface area contributed by atoms with Gasteiger partial charge in [0.25, 0.3) is 5.91 Å². The number of carbonyl (C=O) groups is 1. The van der Waals surface area contributed by atoms with E-state index in [2.05, 4.69) is 42.4 Å². The standard InChI is InChI=1S/C23H20Br2N2O4/c1-30-20-12-16(13-26-27-23(29)21(28)17-5-3-2-4-6-17)11-19(25)22(20)31-14-15-7-9-18(24)10-8-15/h2-13,21,28H,14H2,1H3,(H,27,29)/b26-13-/t21-/m1/s1. The summed E-state index contributed by atoms with van der Waals surface area (Å²) < 4.78 is 13.1. The van der Waals surface area contributed by atoms with Gasteiger partial charge in [-0.1, -0.05) is 58.4 Å². The molecule has 0 unspecified atom stereocenters. The summed E-state index contributed by atoms with van der Waals surface area (Å²) in [6, 6.07) is 20.0. The summed E-state index contributed by atoms with van der Waals surface area (Å²) in [4.78, 5) is 12.1. The molecule has 31 heavy (non-hydrogen) atoms. The summed E-state index contributed by atoms with van der Waals surface area (Å²) >= 11 is 6.91. The van der Waals surface area contributed by atoms with E-state index in [-0.39, 0.29) is 0 Å². The van der Waals surface area contributed by atoms with Crippen molar-refractivity contribution in [2.24, 2.45) is 5.10 Å². The number of benzene rings is 3. The molecule has 0 aliphatic rings. The first-order valence-electron chi connectivity index (χ1n) is 9.28. The Bertz CT molecular complexity index is 1060. The number of hydrogen-bond donors (Lipinski definition) is 2. The van der Waals surface area contributed by atoms with Gasteiger partial charge in [0.05, 0.1) is 17.8 Å². The Balaban J connectivity index is 1.66. The third-order valence-corrected chi connectivity index (χ3v) is 5.42. The summed E-state index contributed by atoms with van der Waals surface area (Å²) in [7, 11) is 1.55. The third kappa shape index (κ3) is 6.40. The molecule has 2 N–H and O–H groups in total. The predicted molar refractivity (Wildman–Crippen MR) is 126 cm³/mol. The van der Waals surface area contributed by atoms with Crippen molar-refractivity contribution in [1.82, 2.24) is 5.43 Å². The molecular formula is C23H20Br2N2O4. The van der Waals surface area contributed by atoms with Crippen LogP contribution in [-0.2, 0) is 11.4 Å². The number of rotatable bonds is 8. The Morgan fingerprint density at radius 3 is 2.52 bits per heavy atom. The zero-order valence-electron chi connectivity index (χ0n) is 16.6. The molecule has 0 heterocycles. The van der Waals surface area contributed by atoms with Gasteiger partial charge in [0, 0.05) is 4.47 Å². The fourth-order valence-corrected chi connectivity index (χ4v) is 3.55. The van der Waals surface area contributed by atoms with Gasteiger partial charge >= 0.3 is 0 Å². The number of halogens is 2. The molecule has 3 rings (SSSR count). The van der Waals surface area contributed by atoms with E-state index in [1.807, 2.05) is 30.3 Å². The van der Waals surface area contributed by atoms with Gasteiger partial charge in [0.1, 0.15) is 6.61 Å². The first-order chi connectivity index (χ1) is 15.0. The lowest BCUT2D eigenvalue weighted by Gasteiger charge is -2.13. The molecule has 0 saturated carbocycles. The largest absolute Gasteiger partial charge is 0.493 e. The maximum atomic E-state index is 12.1. The van der Waals surface area contributed by atoms with Gasteiger partial charge in [-0.25, -0.2) is 5.43 Å². The molecule has 8 heteroatoms. The first kappa shape index (κ1) is 23.0. The van der Waals surface area contributed by atoms with Crippen LogP contribution in [0, 0.1) is 0 Å². The van der Waals surface area contributed by atoms with Crippen molar-refractivity contribution in [2.75, 3.05) is 7.11 Å². The lowest BCUT2D eigenvalue weighted by molar-refractivity contribution is -0.129. The van der Waals surface area contributed by atoms with Gasteiger partial charge in [0.2, 0.25) is 0 Å². The Hall–Kier alpha value is -2.68. The van der Waals surface area contributed by atoms with Crippen molar-refractivity contribution in [3.63, 3.8) is 0 Å². The van der Waals surface area contributed by atoms with Crippen LogP contribution in [0.4, 0.5) is 0 Å². The molecule has 6 nitrogen and oxygen atoms in total. The summed E-state index contributed by atoms with van der Waals surface area (Å²) in [5, 5.41) is 14.0. The molecule has 160 valence electrons. The molecule has 0 saturated heterocycles. The number of carbonyl (C=O) groups excluding carboxylic acids is 1. The van der Waals surface area contributed by atoms with Crippen molar-refractivity contribution in [1.29, 1.82) is 0 Å². The molecule has 0 fully saturated rings. The summed E-state index contributed by atoms with van der Waals surface area (Å²) in [5.41, 5.74) is 4.53. The van der Waals surface area contributed by atoms with Crippen molar-refractivity contribution in [3.8, 4) is 11.5 Å². The number of nitrogens with zero attached hydrogens (tertiary/aromatic N) is 1. The highest BCUT2D eigenvalue weighted by molar-refractivity contribution is 9.10. The molecule has 1 amide bonds. The number of hydrazone groups is 1. The van der Waals surface area contributed by atoms with Gasteiger partial charge in [-0.2, -0.15) is 5.10 Å². The second-order valence-corrected chi connectivity index (χ2v) is 8.27. The first-order valence-corrected chi connectivity index (χ1v) is 10.9. The molecule has 3 aromatic carbocycles. The average molecular weight is 548 g/mol. The van der Waals surface area contributed by atoms with Crippen LogP contribution in [0.1, 0.15) is 22.8 Å². The molecule has 0 radical (unpaired) electrons. The van der Waals surface area contributed by atoms with Crippen LogP contribution in [0.15, 0.2) is 80.8 Å². The minimum atomic E-state index is -1.30. The maximum Gasteiger partial charge on any atom is 0.273 e. The highest BCUT2D eigenvalue weighted by Crippen LogP contribution is 2.37. The van der Waals surface area contributed by atoms with Gasteiger partial charge in [-0.05, 0) is 56.9 Å². The molecule has 0 aliphatic heterocycles. The van der Waals surface area contributed by atoms with E-state index in [0.29, 0.717) is 33.7 Å². The number of aliphatic hydroxyl groups is 1.